The van der Waals surface area contributed by atoms with Crippen LogP contribution in [0.25, 0.3) is 0 Å². The van der Waals surface area contributed by atoms with E-state index < -0.39 is 0 Å². The number of nitrogens with one attached hydrogen (secondary N) is 1. The smallest absolute Gasteiger partial charge is 0.0750 e. The number of nitrogens with zero attached hydrogens (tertiary/aromatic N) is 1. The number of hydrogen-bond donors (Lipinski definition) is 2. The van der Waals surface area contributed by atoms with Crippen LogP contribution in [0.5, 0.6) is 0 Å². The van der Waals surface area contributed by atoms with Gasteiger partial charge in [-0.25, -0.2) is 0 Å². The minimum atomic E-state index is 0.707. The molecular formula is C10H14BrN3. The Labute approximate surface area is 92.2 Å². The van der Waals surface area contributed by atoms with E-state index in [1.165, 1.54) is 19.3 Å². The second-order valence-corrected chi connectivity index (χ2v) is 4.62. The molecule has 0 atom stereocenters. The van der Waals surface area contributed by atoms with Gasteiger partial charge < -0.3 is 11.1 Å². The number of nitrogen functional groups attached to an aromatic ring is 1. The van der Waals surface area contributed by atoms with Crippen LogP contribution in [0.2, 0.25) is 0 Å². The van der Waals surface area contributed by atoms with Crippen LogP contribution in [0.15, 0.2) is 16.9 Å². The van der Waals surface area contributed by atoms with Crippen molar-refractivity contribution in [2.45, 2.75) is 19.3 Å². The van der Waals surface area contributed by atoms with Gasteiger partial charge in [-0.2, -0.15) is 0 Å². The maximum atomic E-state index is 5.81. The van der Waals surface area contributed by atoms with Crippen molar-refractivity contribution in [3.63, 3.8) is 0 Å². The van der Waals surface area contributed by atoms with E-state index in [4.69, 9.17) is 5.73 Å². The summed E-state index contributed by atoms with van der Waals surface area (Å²) >= 11 is 3.43. The monoisotopic (exact) mass is 255 g/mol. The van der Waals surface area contributed by atoms with Crippen LogP contribution in [0.1, 0.15) is 19.3 Å². The Morgan fingerprint density at radius 3 is 2.86 bits per heavy atom. The van der Waals surface area contributed by atoms with Crippen LogP contribution in [-0.2, 0) is 0 Å². The lowest BCUT2D eigenvalue weighted by Crippen LogP contribution is -2.21. The van der Waals surface area contributed by atoms with Crippen LogP contribution in [0.3, 0.4) is 0 Å². The van der Waals surface area contributed by atoms with Gasteiger partial charge in [-0.1, -0.05) is 6.42 Å². The molecule has 0 amide bonds. The second-order valence-electron chi connectivity index (χ2n) is 3.76. The summed E-state index contributed by atoms with van der Waals surface area (Å²) < 4.78 is 0.942. The standard InChI is InChI=1S/C10H14BrN3/c11-8-5-13-6-9(12)10(8)14-4-7-2-1-3-7/h5-7H,1-4,12H2,(H,13,14). The van der Waals surface area contributed by atoms with Crippen LogP contribution in [0.4, 0.5) is 11.4 Å². The zero-order chi connectivity index (χ0) is 9.97. The zero-order valence-corrected chi connectivity index (χ0v) is 9.55. The van der Waals surface area contributed by atoms with Gasteiger partial charge in [-0.15, -0.1) is 0 Å². The first kappa shape index (κ1) is 9.77. The van der Waals surface area contributed by atoms with Crippen molar-refractivity contribution in [1.82, 2.24) is 4.98 Å². The third-order valence-corrected chi connectivity index (χ3v) is 3.32. The third kappa shape index (κ3) is 2.00. The number of rotatable bonds is 3. The highest BCUT2D eigenvalue weighted by atomic mass is 79.9. The zero-order valence-electron chi connectivity index (χ0n) is 7.96. The molecule has 1 heterocycles. The Kier molecular flexibility index (Phi) is 2.91. The van der Waals surface area contributed by atoms with Gasteiger partial charge in [0, 0.05) is 12.7 Å². The van der Waals surface area contributed by atoms with E-state index in [-0.39, 0.29) is 0 Å². The normalized spacial score (nSPS) is 16.4. The Balaban J connectivity index is 2.00. The van der Waals surface area contributed by atoms with Crippen molar-refractivity contribution in [3.8, 4) is 0 Å². The average Bonchev–Trinajstić information content (AvgIpc) is 2.07. The van der Waals surface area contributed by atoms with Crippen molar-refractivity contribution >= 4 is 27.3 Å². The first-order valence-corrected chi connectivity index (χ1v) is 5.69. The molecule has 1 saturated carbocycles. The molecule has 3 N–H and O–H groups in total. The highest BCUT2D eigenvalue weighted by Gasteiger charge is 2.17. The van der Waals surface area contributed by atoms with Gasteiger partial charge in [0.05, 0.1) is 22.0 Å². The van der Waals surface area contributed by atoms with Crippen molar-refractivity contribution in [1.29, 1.82) is 0 Å². The van der Waals surface area contributed by atoms with Crippen LogP contribution in [0, 0.1) is 5.92 Å². The molecule has 0 aliphatic heterocycles. The second kappa shape index (κ2) is 4.17. The first-order chi connectivity index (χ1) is 6.77. The molecule has 76 valence electrons. The molecule has 4 heteroatoms. The predicted molar refractivity (Wildman–Crippen MR) is 62.2 cm³/mol. The van der Waals surface area contributed by atoms with E-state index in [0.717, 1.165) is 22.6 Å². The lowest BCUT2D eigenvalue weighted by molar-refractivity contribution is 0.333. The summed E-state index contributed by atoms with van der Waals surface area (Å²) in [5.74, 6) is 0.828. The molecule has 0 radical (unpaired) electrons. The summed E-state index contributed by atoms with van der Waals surface area (Å²) in [5.41, 5.74) is 7.50. The Bertz CT molecular complexity index is 303. The highest BCUT2D eigenvalue weighted by Crippen LogP contribution is 2.30. The van der Waals surface area contributed by atoms with E-state index in [1.807, 2.05) is 0 Å². The first-order valence-electron chi connectivity index (χ1n) is 4.90. The summed E-state index contributed by atoms with van der Waals surface area (Å²) in [7, 11) is 0. The molecule has 3 nitrogen and oxygen atoms in total. The Morgan fingerprint density at radius 2 is 2.29 bits per heavy atom. The van der Waals surface area contributed by atoms with E-state index in [1.54, 1.807) is 12.4 Å². The molecule has 1 aromatic heterocycles. The van der Waals surface area contributed by atoms with Crippen LogP contribution in [-0.4, -0.2) is 11.5 Å². The lowest BCUT2D eigenvalue weighted by Gasteiger charge is -2.26. The maximum absolute atomic E-state index is 5.81. The third-order valence-electron chi connectivity index (χ3n) is 2.72. The van der Waals surface area contributed by atoms with E-state index >= 15 is 0 Å². The molecule has 1 aliphatic rings. The number of halogens is 1. The molecule has 1 aliphatic carbocycles. The molecular weight excluding hydrogens is 242 g/mol. The van der Waals surface area contributed by atoms with Crippen LogP contribution < -0.4 is 11.1 Å². The minimum absolute atomic E-state index is 0.707. The van der Waals surface area contributed by atoms with Gasteiger partial charge in [-0.3, -0.25) is 4.98 Å². The maximum Gasteiger partial charge on any atom is 0.0750 e. The fourth-order valence-corrected chi connectivity index (χ4v) is 2.07. The molecule has 0 unspecified atom stereocenters. The molecule has 1 fully saturated rings. The molecule has 0 spiro atoms. The molecule has 1 aromatic rings. The quantitative estimate of drug-likeness (QED) is 0.874. The summed E-state index contributed by atoms with van der Waals surface area (Å²) in [4.78, 5) is 3.99. The summed E-state index contributed by atoms with van der Waals surface area (Å²) in [6.07, 6.45) is 7.50. The number of pyridine rings is 1. The topological polar surface area (TPSA) is 50.9 Å². The van der Waals surface area contributed by atoms with Crippen LogP contribution >= 0.6 is 15.9 Å². The van der Waals surface area contributed by atoms with E-state index in [9.17, 15) is 0 Å². The fourth-order valence-electron chi connectivity index (χ4n) is 1.58. The summed E-state index contributed by atoms with van der Waals surface area (Å²) in [6, 6.07) is 0. The van der Waals surface area contributed by atoms with Gasteiger partial charge in [0.15, 0.2) is 0 Å². The molecule has 0 aromatic carbocycles. The van der Waals surface area contributed by atoms with Gasteiger partial charge in [0.1, 0.15) is 0 Å². The molecule has 0 bridgehead atoms. The minimum Gasteiger partial charge on any atom is -0.396 e. The number of anilines is 2. The highest BCUT2D eigenvalue weighted by molar-refractivity contribution is 9.10. The largest absolute Gasteiger partial charge is 0.396 e. The van der Waals surface area contributed by atoms with Crippen molar-refractivity contribution < 1.29 is 0 Å². The molecule has 0 saturated heterocycles. The summed E-state index contributed by atoms with van der Waals surface area (Å²) in [5, 5.41) is 3.37. The fraction of sp³-hybridized carbons (Fsp3) is 0.500. The van der Waals surface area contributed by atoms with Crippen molar-refractivity contribution in [2.75, 3.05) is 17.6 Å². The van der Waals surface area contributed by atoms with Crippen molar-refractivity contribution in [3.05, 3.63) is 16.9 Å². The van der Waals surface area contributed by atoms with Gasteiger partial charge >= 0.3 is 0 Å². The number of aromatic nitrogens is 1. The van der Waals surface area contributed by atoms with Gasteiger partial charge in [0.25, 0.3) is 0 Å². The SMILES string of the molecule is Nc1cncc(Br)c1NCC1CCC1. The van der Waals surface area contributed by atoms with Gasteiger partial charge in [-0.05, 0) is 34.7 Å². The number of hydrogen-bond acceptors (Lipinski definition) is 3. The van der Waals surface area contributed by atoms with E-state index in [0.29, 0.717) is 5.69 Å². The molecule has 14 heavy (non-hydrogen) atoms. The Morgan fingerprint density at radius 1 is 1.50 bits per heavy atom. The predicted octanol–water partition coefficient (Wildman–Crippen LogP) is 2.64. The average molecular weight is 256 g/mol. The van der Waals surface area contributed by atoms with Gasteiger partial charge in [0.2, 0.25) is 0 Å². The lowest BCUT2D eigenvalue weighted by atomic mass is 9.85. The van der Waals surface area contributed by atoms with E-state index in [2.05, 4.69) is 26.2 Å². The molecule has 2 rings (SSSR count). The summed E-state index contributed by atoms with van der Waals surface area (Å²) in [6.45, 7) is 1.02. The Hall–Kier alpha value is -0.770. The van der Waals surface area contributed by atoms with Crippen molar-refractivity contribution in [2.24, 2.45) is 5.92 Å². The number of nitrogens with two attached hydrogens (primary N) is 1.